The van der Waals surface area contributed by atoms with Crippen LogP contribution in [0.25, 0.3) is 0 Å². The minimum atomic E-state index is -0.939. The van der Waals surface area contributed by atoms with E-state index < -0.39 is 5.97 Å². The minimum Gasteiger partial charge on any atom is -0.481 e. The number of amides is 1. The number of aryl methyl sites for hydroxylation is 2. The summed E-state index contributed by atoms with van der Waals surface area (Å²) < 4.78 is 1.54. The first-order valence-corrected chi connectivity index (χ1v) is 6.56. The molecule has 0 aliphatic rings. The van der Waals surface area contributed by atoms with Crippen LogP contribution >= 0.6 is 0 Å². The van der Waals surface area contributed by atoms with Crippen molar-refractivity contribution in [3.05, 3.63) is 47.8 Å². The van der Waals surface area contributed by atoms with Gasteiger partial charge in [-0.25, -0.2) is 0 Å². The van der Waals surface area contributed by atoms with Gasteiger partial charge in [-0.3, -0.25) is 14.3 Å². The Labute approximate surface area is 122 Å². The van der Waals surface area contributed by atoms with Gasteiger partial charge >= 0.3 is 5.97 Å². The lowest BCUT2D eigenvalue weighted by Gasteiger charge is -2.21. The van der Waals surface area contributed by atoms with Crippen molar-refractivity contribution in [2.75, 3.05) is 11.4 Å². The maximum Gasteiger partial charge on any atom is 0.305 e. The lowest BCUT2D eigenvalue weighted by molar-refractivity contribution is -0.136. The third kappa shape index (κ3) is 3.68. The predicted molar refractivity (Wildman–Crippen MR) is 78.3 cm³/mol. The number of nitrogens with zero attached hydrogens (tertiary/aromatic N) is 3. The average Bonchev–Trinajstić information content (AvgIpc) is 2.87. The zero-order valence-corrected chi connectivity index (χ0v) is 12.0. The molecule has 1 aromatic heterocycles. The molecule has 1 amide bonds. The number of carbonyl (C=O) groups excluding carboxylic acids is 1. The van der Waals surface area contributed by atoms with Crippen molar-refractivity contribution in [2.45, 2.75) is 13.3 Å². The Hall–Kier alpha value is -2.63. The molecule has 0 bridgehead atoms. The molecule has 0 saturated carbocycles. The van der Waals surface area contributed by atoms with Crippen LogP contribution in [0.1, 0.15) is 22.3 Å². The Kier molecular flexibility index (Phi) is 4.37. The summed E-state index contributed by atoms with van der Waals surface area (Å²) >= 11 is 0. The van der Waals surface area contributed by atoms with E-state index in [9.17, 15) is 9.59 Å². The first-order valence-electron chi connectivity index (χ1n) is 6.56. The molecule has 2 aromatic rings. The van der Waals surface area contributed by atoms with Crippen LogP contribution in [0, 0.1) is 6.92 Å². The van der Waals surface area contributed by atoms with Gasteiger partial charge in [0, 0.05) is 25.5 Å². The number of aliphatic carboxylic acids is 1. The zero-order chi connectivity index (χ0) is 15.4. The Morgan fingerprint density at radius 3 is 2.48 bits per heavy atom. The normalized spacial score (nSPS) is 10.4. The van der Waals surface area contributed by atoms with Crippen molar-refractivity contribution in [3.8, 4) is 0 Å². The van der Waals surface area contributed by atoms with E-state index in [1.165, 1.54) is 15.8 Å². The third-order valence-corrected chi connectivity index (χ3v) is 3.09. The zero-order valence-electron chi connectivity index (χ0n) is 12.0. The maximum absolute atomic E-state index is 12.5. The highest BCUT2D eigenvalue weighted by molar-refractivity contribution is 6.06. The Morgan fingerprint density at radius 2 is 1.95 bits per heavy atom. The molecule has 0 radical (unpaired) electrons. The van der Waals surface area contributed by atoms with Gasteiger partial charge in [0.15, 0.2) is 0 Å². The monoisotopic (exact) mass is 287 g/mol. The topological polar surface area (TPSA) is 75.4 Å². The Morgan fingerprint density at radius 1 is 1.29 bits per heavy atom. The van der Waals surface area contributed by atoms with Crippen LogP contribution in [0.3, 0.4) is 0 Å². The predicted octanol–water partition coefficient (Wildman–Crippen LogP) is 1.85. The van der Waals surface area contributed by atoms with E-state index in [2.05, 4.69) is 5.10 Å². The van der Waals surface area contributed by atoms with Gasteiger partial charge in [0.2, 0.25) is 0 Å². The van der Waals surface area contributed by atoms with Crippen LogP contribution < -0.4 is 4.90 Å². The molecule has 0 saturated heterocycles. The largest absolute Gasteiger partial charge is 0.481 e. The summed E-state index contributed by atoms with van der Waals surface area (Å²) in [5.41, 5.74) is 2.19. The molecular formula is C15H17N3O3. The molecular weight excluding hydrogens is 270 g/mol. The summed E-state index contributed by atoms with van der Waals surface area (Å²) in [4.78, 5) is 24.8. The van der Waals surface area contributed by atoms with Crippen LogP contribution in [0.5, 0.6) is 0 Å². The fraction of sp³-hybridized carbons (Fsp3) is 0.267. The van der Waals surface area contributed by atoms with E-state index in [4.69, 9.17) is 5.11 Å². The number of carboxylic acids is 1. The Bertz CT molecular complexity index is 646. The van der Waals surface area contributed by atoms with Crippen molar-refractivity contribution in [2.24, 2.45) is 7.05 Å². The summed E-state index contributed by atoms with van der Waals surface area (Å²) in [5, 5.41) is 12.8. The van der Waals surface area contributed by atoms with Gasteiger partial charge in [-0.1, -0.05) is 17.7 Å². The molecule has 6 heteroatoms. The maximum atomic E-state index is 12.5. The second-order valence-electron chi connectivity index (χ2n) is 4.84. The van der Waals surface area contributed by atoms with Gasteiger partial charge < -0.3 is 10.0 Å². The number of carbonyl (C=O) groups is 2. The number of hydrogen-bond acceptors (Lipinski definition) is 3. The van der Waals surface area contributed by atoms with Gasteiger partial charge in [-0.2, -0.15) is 5.10 Å². The van der Waals surface area contributed by atoms with Crippen molar-refractivity contribution in [3.63, 3.8) is 0 Å². The lowest BCUT2D eigenvalue weighted by Crippen LogP contribution is -2.32. The summed E-state index contributed by atoms with van der Waals surface area (Å²) in [6.07, 6.45) is 2.98. The van der Waals surface area contributed by atoms with Gasteiger partial charge in [0.1, 0.15) is 0 Å². The molecule has 1 N–H and O–H groups in total. The molecule has 0 unspecified atom stereocenters. The molecule has 6 nitrogen and oxygen atoms in total. The number of anilines is 1. The van der Waals surface area contributed by atoms with Crippen molar-refractivity contribution in [1.29, 1.82) is 0 Å². The fourth-order valence-corrected chi connectivity index (χ4v) is 1.97. The SMILES string of the molecule is Cc1ccc(N(CCC(=O)O)C(=O)c2cnn(C)c2)cc1. The number of hydrogen-bond donors (Lipinski definition) is 1. The minimum absolute atomic E-state index is 0.111. The molecule has 0 atom stereocenters. The van der Waals surface area contributed by atoms with Crippen LogP contribution in [0.2, 0.25) is 0 Å². The van der Waals surface area contributed by atoms with E-state index in [1.807, 2.05) is 31.2 Å². The third-order valence-electron chi connectivity index (χ3n) is 3.09. The van der Waals surface area contributed by atoms with E-state index in [-0.39, 0.29) is 18.9 Å². The lowest BCUT2D eigenvalue weighted by atomic mass is 10.2. The van der Waals surface area contributed by atoms with Gasteiger partial charge in [-0.05, 0) is 19.1 Å². The van der Waals surface area contributed by atoms with E-state index in [0.29, 0.717) is 11.3 Å². The van der Waals surface area contributed by atoms with Crippen molar-refractivity contribution >= 4 is 17.6 Å². The van der Waals surface area contributed by atoms with E-state index in [0.717, 1.165) is 5.56 Å². The van der Waals surface area contributed by atoms with Crippen LogP contribution in [0.15, 0.2) is 36.7 Å². The van der Waals surface area contributed by atoms with Gasteiger partial charge in [-0.15, -0.1) is 0 Å². The second-order valence-corrected chi connectivity index (χ2v) is 4.84. The molecule has 21 heavy (non-hydrogen) atoms. The van der Waals surface area contributed by atoms with Crippen molar-refractivity contribution in [1.82, 2.24) is 9.78 Å². The summed E-state index contributed by atoms with van der Waals surface area (Å²) in [6, 6.07) is 7.40. The molecule has 0 fully saturated rings. The smallest absolute Gasteiger partial charge is 0.305 e. The van der Waals surface area contributed by atoms with Gasteiger partial charge in [0.05, 0.1) is 18.2 Å². The highest BCUT2D eigenvalue weighted by Gasteiger charge is 2.19. The second kappa shape index (κ2) is 6.21. The highest BCUT2D eigenvalue weighted by Crippen LogP contribution is 2.18. The van der Waals surface area contributed by atoms with Crippen molar-refractivity contribution < 1.29 is 14.7 Å². The number of aromatic nitrogens is 2. The fourth-order valence-electron chi connectivity index (χ4n) is 1.97. The first kappa shape index (κ1) is 14.8. The summed E-state index contributed by atoms with van der Waals surface area (Å²) in [6.45, 7) is 2.07. The first-order chi connectivity index (χ1) is 9.97. The van der Waals surface area contributed by atoms with E-state index in [1.54, 1.807) is 13.2 Å². The standard InChI is InChI=1S/C15H17N3O3/c1-11-3-5-13(6-4-11)18(8-7-14(19)20)15(21)12-9-16-17(2)10-12/h3-6,9-10H,7-8H2,1-2H3,(H,19,20). The molecule has 1 aromatic carbocycles. The number of benzene rings is 1. The quantitative estimate of drug-likeness (QED) is 0.910. The Balaban J connectivity index is 2.28. The molecule has 2 rings (SSSR count). The molecule has 0 aliphatic carbocycles. The number of carboxylic acid groups (broad SMARTS) is 1. The summed E-state index contributed by atoms with van der Waals surface area (Å²) in [5.74, 6) is -1.20. The average molecular weight is 287 g/mol. The molecule has 1 heterocycles. The van der Waals surface area contributed by atoms with Crippen LogP contribution in [-0.2, 0) is 11.8 Å². The molecule has 0 spiro atoms. The van der Waals surface area contributed by atoms with Crippen LogP contribution in [-0.4, -0.2) is 33.3 Å². The van der Waals surface area contributed by atoms with Crippen LogP contribution in [0.4, 0.5) is 5.69 Å². The highest BCUT2D eigenvalue weighted by atomic mass is 16.4. The molecule has 0 aliphatic heterocycles. The summed E-state index contributed by atoms with van der Waals surface area (Å²) in [7, 11) is 1.73. The molecule has 110 valence electrons. The van der Waals surface area contributed by atoms with Gasteiger partial charge in [0.25, 0.3) is 5.91 Å². The number of rotatable bonds is 5. The van der Waals surface area contributed by atoms with E-state index >= 15 is 0 Å².